The quantitative estimate of drug-likeness (QED) is 0.692. The van der Waals surface area contributed by atoms with Crippen molar-refractivity contribution in [3.63, 3.8) is 0 Å². The Balaban J connectivity index is 2.46. The maximum Gasteiger partial charge on any atom is 0.162 e. The average molecular weight is 229 g/mol. The summed E-state index contributed by atoms with van der Waals surface area (Å²) in [6.45, 7) is 4.23. The van der Waals surface area contributed by atoms with E-state index in [1.165, 1.54) is 0 Å². The minimum atomic E-state index is 0.0696. The van der Waals surface area contributed by atoms with Gasteiger partial charge in [-0.05, 0) is 18.3 Å². The molecule has 0 heterocycles. The topological polar surface area (TPSA) is 40.9 Å². The molecule has 0 fully saturated rings. The van der Waals surface area contributed by atoms with Gasteiger partial charge in [-0.3, -0.25) is 4.79 Å². The molecule has 0 aliphatic carbocycles. The van der Waals surface area contributed by atoms with Crippen LogP contribution in [-0.4, -0.2) is 5.78 Å². The Bertz CT molecular complexity index is 401. The van der Waals surface area contributed by atoms with E-state index in [1.807, 2.05) is 30.3 Å². The third-order valence-corrected chi connectivity index (χ3v) is 3.04. The highest BCUT2D eigenvalue weighted by molar-refractivity contribution is 5.95. The van der Waals surface area contributed by atoms with Crippen molar-refractivity contribution in [1.29, 1.82) is 5.26 Å². The summed E-state index contributed by atoms with van der Waals surface area (Å²) in [5.74, 6) is 0.190. The maximum absolute atomic E-state index is 11.9. The Morgan fingerprint density at radius 1 is 1.24 bits per heavy atom. The van der Waals surface area contributed by atoms with Crippen LogP contribution in [-0.2, 0) is 0 Å². The maximum atomic E-state index is 11.9. The van der Waals surface area contributed by atoms with Crippen molar-refractivity contribution in [2.45, 2.75) is 39.5 Å². The number of benzene rings is 1. The molecule has 0 aliphatic heterocycles. The van der Waals surface area contributed by atoms with Gasteiger partial charge in [-0.15, -0.1) is 0 Å². The van der Waals surface area contributed by atoms with Crippen LogP contribution in [0.3, 0.4) is 0 Å². The summed E-state index contributed by atoms with van der Waals surface area (Å²) in [7, 11) is 0. The van der Waals surface area contributed by atoms with Crippen LogP contribution in [0, 0.1) is 16.7 Å². The molecular weight excluding hydrogens is 210 g/mol. The van der Waals surface area contributed by atoms with Crippen LogP contribution in [0.25, 0.3) is 0 Å². The first-order chi connectivity index (χ1) is 8.05. The molecule has 0 saturated carbocycles. The van der Waals surface area contributed by atoms with Crippen molar-refractivity contribution in [3.8, 4) is 6.07 Å². The molecule has 1 aromatic rings. The number of rotatable bonds is 6. The molecule has 0 N–H and O–H groups in total. The van der Waals surface area contributed by atoms with E-state index < -0.39 is 0 Å². The largest absolute Gasteiger partial charge is 0.294 e. The fourth-order valence-corrected chi connectivity index (χ4v) is 1.74. The number of Topliss-reactive ketones (excluding diaryl/α,β-unsaturated/α-hetero) is 1. The molecule has 2 heteroatoms. The molecule has 1 aromatic carbocycles. The third-order valence-electron chi connectivity index (χ3n) is 3.04. The van der Waals surface area contributed by atoms with Gasteiger partial charge in [-0.2, -0.15) is 5.26 Å². The normalized spacial score (nSPS) is 10.9. The number of carbonyl (C=O) groups excluding carboxylic acids is 1. The van der Waals surface area contributed by atoms with Gasteiger partial charge in [-0.1, -0.05) is 44.2 Å². The standard InChI is InChI=1S/C15H19NO/c1-15(2,10-6-12-16)11-9-14(17)13-7-4-3-5-8-13/h3-5,7-8H,6,9-11H2,1-2H3. The van der Waals surface area contributed by atoms with Crippen molar-refractivity contribution >= 4 is 5.78 Å². The van der Waals surface area contributed by atoms with Gasteiger partial charge in [0.15, 0.2) is 5.78 Å². The van der Waals surface area contributed by atoms with Crippen molar-refractivity contribution in [3.05, 3.63) is 35.9 Å². The predicted octanol–water partition coefficient (Wildman–Crippen LogP) is 3.98. The second kappa shape index (κ2) is 6.20. The van der Waals surface area contributed by atoms with Crippen LogP contribution in [0.5, 0.6) is 0 Å². The van der Waals surface area contributed by atoms with E-state index in [9.17, 15) is 4.79 Å². The number of ketones is 1. The van der Waals surface area contributed by atoms with Gasteiger partial charge in [-0.25, -0.2) is 0 Å². The molecule has 2 nitrogen and oxygen atoms in total. The summed E-state index contributed by atoms with van der Waals surface area (Å²) in [4.78, 5) is 11.9. The van der Waals surface area contributed by atoms with Gasteiger partial charge < -0.3 is 0 Å². The van der Waals surface area contributed by atoms with Crippen LogP contribution in [0.4, 0.5) is 0 Å². The van der Waals surface area contributed by atoms with E-state index in [0.717, 1.165) is 18.4 Å². The molecule has 17 heavy (non-hydrogen) atoms. The van der Waals surface area contributed by atoms with Gasteiger partial charge in [0.25, 0.3) is 0 Å². The molecule has 0 amide bonds. The first-order valence-electron chi connectivity index (χ1n) is 6.00. The number of hydrogen-bond acceptors (Lipinski definition) is 2. The van der Waals surface area contributed by atoms with E-state index in [1.54, 1.807) is 0 Å². The summed E-state index contributed by atoms with van der Waals surface area (Å²) in [5, 5.41) is 8.57. The van der Waals surface area contributed by atoms with Gasteiger partial charge in [0.05, 0.1) is 6.07 Å². The Morgan fingerprint density at radius 3 is 2.47 bits per heavy atom. The summed E-state index contributed by atoms with van der Waals surface area (Å²) < 4.78 is 0. The monoisotopic (exact) mass is 229 g/mol. The second-order valence-electron chi connectivity index (χ2n) is 5.11. The van der Waals surface area contributed by atoms with Crippen molar-refractivity contribution in [2.24, 2.45) is 5.41 Å². The first-order valence-corrected chi connectivity index (χ1v) is 6.00. The first kappa shape index (κ1) is 13.4. The van der Waals surface area contributed by atoms with E-state index in [4.69, 9.17) is 5.26 Å². The Morgan fingerprint density at radius 2 is 1.88 bits per heavy atom. The Hall–Kier alpha value is -1.62. The fourth-order valence-electron chi connectivity index (χ4n) is 1.74. The molecule has 0 aromatic heterocycles. The highest BCUT2D eigenvalue weighted by atomic mass is 16.1. The minimum Gasteiger partial charge on any atom is -0.294 e. The predicted molar refractivity (Wildman–Crippen MR) is 68.6 cm³/mol. The number of hydrogen-bond donors (Lipinski definition) is 0. The number of nitriles is 1. The lowest BCUT2D eigenvalue weighted by Gasteiger charge is -2.22. The summed E-state index contributed by atoms with van der Waals surface area (Å²) in [6.07, 6.45) is 2.81. The highest BCUT2D eigenvalue weighted by Gasteiger charge is 2.19. The summed E-state index contributed by atoms with van der Waals surface area (Å²) >= 11 is 0. The highest BCUT2D eigenvalue weighted by Crippen LogP contribution is 2.28. The summed E-state index contributed by atoms with van der Waals surface area (Å²) in [5.41, 5.74) is 0.851. The van der Waals surface area contributed by atoms with Crippen LogP contribution in [0.2, 0.25) is 0 Å². The molecule has 0 spiro atoms. The molecule has 0 atom stereocenters. The lowest BCUT2D eigenvalue weighted by atomic mass is 9.82. The van der Waals surface area contributed by atoms with Crippen LogP contribution >= 0.6 is 0 Å². The van der Waals surface area contributed by atoms with Crippen molar-refractivity contribution in [2.75, 3.05) is 0 Å². The zero-order valence-electron chi connectivity index (χ0n) is 10.6. The number of nitrogens with zero attached hydrogens (tertiary/aromatic N) is 1. The van der Waals surface area contributed by atoms with Crippen molar-refractivity contribution < 1.29 is 4.79 Å². The van der Waals surface area contributed by atoms with E-state index in [2.05, 4.69) is 19.9 Å². The third kappa shape index (κ3) is 4.82. The average Bonchev–Trinajstić information content (AvgIpc) is 2.35. The molecule has 90 valence electrons. The minimum absolute atomic E-state index is 0.0696. The summed E-state index contributed by atoms with van der Waals surface area (Å²) in [6, 6.07) is 11.5. The van der Waals surface area contributed by atoms with Gasteiger partial charge in [0, 0.05) is 18.4 Å². The van der Waals surface area contributed by atoms with E-state index >= 15 is 0 Å². The van der Waals surface area contributed by atoms with Gasteiger partial charge in [0.2, 0.25) is 0 Å². The van der Waals surface area contributed by atoms with Crippen LogP contribution in [0.1, 0.15) is 49.9 Å². The molecule has 0 aliphatic rings. The molecule has 1 rings (SSSR count). The zero-order valence-corrected chi connectivity index (χ0v) is 10.6. The van der Waals surface area contributed by atoms with Gasteiger partial charge >= 0.3 is 0 Å². The molecule has 0 unspecified atom stereocenters. The van der Waals surface area contributed by atoms with Crippen LogP contribution < -0.4 is 0 Å². The second-order valence-corrected chi connectivity index (χ2v) is 5.11. The zero-order chi connectivity index (χ0) is 12.7. The van der Waals surface area contributed by atoms with E-state index in [0.29, 0.717) is 12.8 Å². The van der Waals surface area contributed by atoms with Crippen molar-refractivity contribution in [1.82, 2.24) is 0 Å². The Labute approximate surface area is 103 Å². The molecule has 0 saturated heterocycles. The van der Waals surface area contributed by atoms with E-state index in [-0.39, 0.29) is 11.2 Å². The smallest absolute Gasteiger partial charge is 0.162 e. The molecular formula is C15H19NO. The molecule has 0 bridgehead atoms. The van der Waals surface area contributed by atoms with Crippen LogP contribution in [0.15, 0.2) is 30.3 Å². The van der Waals surface area contributed by atoms with Gasteiger partial charge in [0.1, 0.15) is 0 Å². The lowest BCUT2D eigenvalue weighted by molar-refractivity contribution is 0.0961. The number of carbonyl (C=O) groups is 1. The molecule has 0 radical (unpaired) electrons. The lowest BCUT2D eigenvalue weighted by Crippen LogP contribution is -2.13. The Kier molecular flexibility index (Phi) is 4.90. The SMILES string of the molecule is CC(C)(CCC#N)CCC(=O)c1ccccc1. The fraction of sp³-hybridized carbons (Fsp3) is 0.467.